The Kier molecular flexibility index (Phi) is 4.35. The maximum Gasteiger partial charge on any atom is 0.340 e. The number of methoxy groups -OCH3 is 1. The summed E-state index contributed by atoms with van der Waals surface area (Å²) in [6.07, 6.45) is 0.367. The van der Waals surface area contributed by atoms with Gasteiger partial charge in [-0.25, -0.2) is 4.79 Å². The van der Waals surface area contributed by atoms with Crippen molar-refractivity contribution in [2.45, 2.75) is 6.42 Å². The average molecular weight is 233 g/mol. The van der Waals surface area contributed by atoms with Gasteiger partial charge in [-0.05, 0) is 12.1 Å². The number of hydrogen-bond acceptors (Lipinski definition) is 5. The number of carbonyl (C=O) groups excluding carboxylic acids is 1. The molecule has 0 bridgehead atoms. The van der Waals surface area contributed by atoms with E-state index in [0.717, 1.165) is 0 Å². The molecule has 0 saturated carbocycles. The van der Waals surface area contributed by atoms with E-state index in [2.05, 4.69) is 6.07 Å². The molecule has 0 fully saturated rings. The van der Waals surface area contributed by atoms with Crippen LogP contribution in [0.15, 0.2) is 18.2 Å². The molecular formula is C12H15N3O2. The summed E-state index contributed by atoms with van der Waals surface area (Å²) in [5, 5.41) is 8.56. The molecule has 0 aliphatic carbocycles. The number of benzene rings is 1. The van der Waals surface area contributed by atoms with Crippen molar-refractivity contribution in [3.8, 4) is 6.07 Å². The van der Waals surface area contributed by atoms with Gasteiger partial charge in [0.1, 0.15) is 0 Å². The van der Waals surface area contributed by atoms with Gasteiger partial charge in [-0.3, -0.25) is 0 Å². The monoisotopic (exact) mass is 233 g/mol. The predicted octanol–water partition coefficient (Wildman–Crippen LogP) is 1.41. The lowest BCUT2D eigenvalue weighted by Crippen LogP contribution is -2.22. The molecule has 0 unspecified atom stereocenters. The van der Waals surface area contributed by atoms with Crippen LogP contribution in [0.3, 0.4) is 0 Å². The second-order valence-electron chi connectivity index (χ2n) is 3.56. The van der Waals surface area contributed by atoms with Crippen LogP contribution >= 0.6 is 0 Å². The van der Waals surface area contributed by atoms with E-state index in [9.17, 15) is 4.79 Å². The minimum Gasteiger partial charge on any atom is -0.465 e. The summed E-state index contributed by atoms with van der Waals surface area (Å²) >= 11 is 0. The standard InChI is InChI=1S/C12H15N3O2/c1-15(8-4-7-13)11-9(12(16)17-2)5-3-6-10(11)14/h3,5-6H,4,8,14H2,1-2H3. The van der Waals surface area contributed by atoms with E-state index in [-0.39, 0.29) is 0 Å². The fraction of sp³-hybridized carbons (Fsp3) is 0.333. The zero-order chi connectivity index (χ0) is 12.8. The molecule has 1 rings (SSSR count). The third-order valence-electron chi connectivity index (χ3n) is 2.41. The Morgan fingerprint density at radius 1 is 1.59 bits per heavy atom. The number of nitrogens with zero attached hydrogens (tertiary/aromatic N) is 2. The number of para-hydroxylation sites is 1. The number of esters is 1. The number of ether oxygens (including phenoxy) is 1. The highest BCUT2D eigenvalue weighted by Crippen LogP contribution is 2.27. The zero-order valence-corrected chi connectivity index (χ0v) is 9.93. The van der Waals surface area contributed by atoms with Crippen molar-refractivity contribution in [3.63, 3.8) is 0 Å². The number of nitrogens with two attached hydrogens (primary N) is 1. The minimum atomic E-state index is -0.434. The van der Waals surface area contributed by atoms with Crippen LogP contribution in [0.1, 0.15) is 16.8 Å². The molecule has 0 aliphatic heterocycles. The topological polar surface area (TPSA) is 79.3 Å². The SMILES string of the molecule is COC(=O)c1cccc(N)c1N(C)CCC#N. The molecule has 0 aromatic heterocycles. The van der Waals surface area contributed by atoms with Crippen LogP contribution in [0.5, 0.6) is 0 Å². The van der Waals surface area contributed by atoms with Crippen molar-refractivity contribution in [1.29, 1.82) is 5.26 Å². The molecule has 90 valence electrons. The van der Waals surface area contributed by atoms with E-state index in [0.29, 0.717) is 29.9 Å². The number of rotatable bonds is 4. The van der Waals surface area contributed by atoms with Crippen molar-refractivity contribution < 1.29 is 9.53 Å². The minimum absolute atomic E-state index is 0.367. The van der Waals surface area contributed by atoms with Gasteiger partial charge in [-0.1, -0.05) is 6.07 Å². The van der Waals surface area contributed by atoms with Crippen molar-refractivity contribution in [3.05, 3.63) is 23.8 Å². The lowest BCUT2D eigenvalue weighted by atomic mass is 10.1. The lowest BCUT2D eigenvalue weighted by Gasteiger charge is -2.22. The van der Waals surface area contributed by atoms with Gasteiger partial charge in [-0.2, -0.15) is 5.26 Å². The Morgan fingerprint density at radius 3 is 2.88 bits per heavy atom. The van der Waals surface area contributed by atoms with E-state index in [1.165, 1.54) is 7.11 Å². The molecule has 0 saturated heterocycles. The summed E-state index contributed by atoms with van der Waals surface area (Å²) in [4.78, 5) is 13.4. The van der Waals surface area contributed by atoms with Gasteiger partial charge in [0.25, 0.3) is 0 Å². The van der Waals surface area contributed by atoms with Crippen molar-refractivity contribution in [2.24, 2.45) is 0 Å². The highest BCUT2D eigenvalue weighted by Gasteiger charge is 2.17. The Bertz CT molecular complexity index is 452. The smallest absolute Gasteiger partial charge is 0.340 e. The van der Waals surface area contributed by atoms with E-state index in [1.54, 1.807) is 30.1 Å². The number of nitrogen functional groups attached to an aromatic ring is 1. The summed E-state index contributed by atoms with van der Waals surface area (Å²) in [5.74, 6) is -0.434. The highest BCUT2D eigenvalue weighted by atomic mass is 16.5. The molecule has 0 amide bonds. The van der Waals surface area contributed by atoms with Gasteiger partial charge in [0, 0.05) is 13.6 Å². The van der Waals surface area contributed by atoms with Crippen LogP contribution in [0.25, 0.3) is 0 Å². The first-order valence-corrected chi connectivity index (χ1v) is 5.16. The number of carbonyl (C=O) groups is 1. The second-order valence-corrected chi connectivity index (χ2v) is 3.56. The first kappa shape index (κ1) is 12.8. The molecule has 5 nitrogen and oxygen atoms in total. The van der Waals surface area contributed by atoms with E-state index in [4.69, 9.17) is 15.7 Å². The quantitative estimate of drug-likeness (QED) is 0.628. The molecule has 5 heteroatoms. The predicted molar refractivity (Wildman–Crippen MR) is 65.7 cm³/mol. The number of anilines is 2. The molecule has 1 aromatic carbocycles. The number of hydrogen-bond donors (Lipinski definition) is 1. The average Bonchev–Trinajstić information content (AvgIpc) is 2.34. The Labute approximate surface area is 100 Å². The van der Waals surface area contributed by atoms with Crippen LogP contribution in [0.4, 0.5) is 11.4 Å². The van der Waals surface area contributed by atoms with Crippen molar-refractivity contribution in [2.75, 3.05) is 31.3 Å². The van der Waals surface area contributed by atoms with Gasteiger partial charge in [-0.15, -0.1) is 0 Å². The fourth-order valence-electron chi connectivity index (χ4n) is 1.59. The second kappa shape index (κ2) is 5.75. The van der Waals surface area contributed by atoms with Crippen LogP contribution in [0.2, 0.25) is 0 Å². The molecule has 0 atom stereocenters. The highest BCUT2D eigenvalue weighted by molar-refractivity contribution is 5.99. The third kappa shape index (κ3) is 2.88. The Morgan fingerprint density at radius 2 is 2.29 bits per heavy atom. The summed E-state index contributed by atoms with van der Waals surface area (Å²) in [5.41, 5.74) is 7.36. The normalized spacial score (nSPS) is 9.47. The van der Waals surface area contributed by atoms with Crippen LogP contribution in [0, 0.1) is 11.3 Å². The fourth-order valence-corrected chi connectivity index (χ4v) is 1.59. The van der Waals surface area contributed by atoms with Gasteiger partial charge in [0.2, 0.25) is 0 Å². The van der Waals surface area contributed by atoms with Crippen molar-refractivity contribution in [1.82, 2.24) is 0 Å². The molecule has 1 aromatic rings. The van der Waals surface area contributed by atoms with Gasteiger partial charge < -0.3 is 15.4 Å². The summed E-state index contributed by atoms with van der Waals surface area (Å²) in [6, 6.07) is 7.12. The molecule has 0 radical (unpaired) electrons. The summed E-state index contributed by atoms with van der Waals surface area (Å²) in [7, 11) is 3.11. The first-order chi connectivity index (χ1) is 8.11. The maximum atomic E-state index is 11.6. The van der Waals surface area contributed by atoms with Crippen LogP contribution in [-0.2, 0) is 4.74 Å². The van der Waals surface area contributed by atoms with Crippen molar-refractivity contribution >= 4 is 17.3 Å². The van der Waals surface area contributed by atoms with Gasteiger partial charge in [0.15, 0.2) is 0 Å². The van der Waals surface area contributed by atoms with E-state index < -0.39 is 5.97 Å². The summed E-state index contributed by atoms with van der Waals surface area (Å²) in [6.45, 7) is 0.509. The first-order valence-electron chi connectivity index (χ1n) is 5.16. The number of nitriles is 1. The third-order valence-corrected chi connectivity index (χ3v) is 2.41. The van der Waals surface area contributed by atoms with Crippen LogP contribution in [-0.4, -0.2) is 26.7 Å². The summed E-state index contributed by atoms with van der Waals surface area (Å²) < 4.78 is 4.70. The van der Waals surface area contributed by atoms with Gasteiger partial charge in [0.05, 0.1) is 36.5 Å². The molecule has 0 aliphatic rings. The van der Waals surface area contributed by atoms with E-state index in [1.807, 2.05) is 0 Å². The largest absolute Gasteiger partial charge is 0.465 e. The molecule has 17 heavy (non-hydrogen) atoms. The van der Waals surface area contributed by atoms with Crippen LogP contribution < -0.4 is 10.6 Å². The van der Waals surface area contributed by atoms with Gasteiger partial charge >= 0.3 is 5.97 Å². The molecular weight excluding hydrogens is 218 g/mol. The maximum absolute atomic E-state index is 11.6. The van der Waals surface area contributed by atoms with E-state index >= 15 is 0 Å². The molecule has 0 heterocycles. The molecule has 0 spiro atoms. The Hall–Kier alpha value is -2.22. The lowest BCUT2D eigenvalue weighted by molar-refractivity contribution is 0.0601. The zero-order valence-electron chi connectivity index (χ0n) is 9.93. The Balaban J connectivity index is 3.12. The molecule has 2 N–H and O–H groups in total.